The number of nitrogens with zero attached hydrogens (tertiary/aromatic N) is 1. The number of rotatable bonds is 7. The van der Waals surface area contributed by atoms with Crippen LogP contribution in [0.25, 0.3) is 0 Å². The minimum atomic E-state index is -3.70. The second-order valence-corrected chi connectivity index (χ2v) is 10.8. The summed E-state index contributed by atoms with van der Waals surface area (Å²) in [6.07, 6.45) is 2.60. The number of sulfonamides is 1. The fraction of sp³-hybridized carbons (Fsp3) is 0.409. The predicted molar refractivity (Wildman–Crippen MR) is 123 cm³/mol. The fourth-order valence-corrected chi connectivity index (χ4v) is 6.11. The number of carbonyl (C=O) groups excluding carboxylic acids is 3. The summed E-state index contributed by atoms with van der Waals surface area (Å²) in [7, 11) is -2.45. The minimum absolute atomic E-state index is 0.00978. The maximum atomic E-state index is 12.8. The van der Waals surface area contributed by atoms with Gasteiger partial charge in [-0.2, -0.15) is 4.31 Å². The van der Waals surface area contributed by atoms with E-state index >= 15 is 0 Å². The molecule has 0 atom stereocenters. The molecular formula is C22H26N2O7S2. The molecule has 2 aromatic rings. The van der Waals surface area contributed by atoms with Crippen LogP contribution in [-0.2, 0) is 24.3 Å². The molecule has 178 valence electrons. The SMILES string of the molecule is COC(=O)c1c(NC(=O)COC(=O)c2cccc(S(=O)(=O)N3CCCCC3)c2)sc(C)c1C. The van der Waals surface area contributed by atoms with Crippen LogP contribution in [0.1, 0.15) is 50.4 Å². The van der Waals surface area contributed by atoms with E-state index in [1.54, 1.807) is 6.92 Å². The summed E-state index contributed by atoms with van der Waals surface area (Å²) < 4.78 is 36.9. The van der Waals surface area contributed by atoms with Crippen molar-refractivity contribution in [2.45, 2.75) is 38.0 Å². The number of anilines is 1. The van der Waals surface area contributed by atoms with Crippen LogP contribution in [0.5, 0.6) is 0 Å². The number of thiophene rings is 1. The molecule has 1 amide bonds. The van der Waals surface area contributed by atoms with Crippen LogP contribution in [-0.4, -0.2) is 57.4 Å². The van der Waals surface area contributed by atoms with Gasteiger partial charge in [0, 0.05) is 18.0 Å². The van der Waals surface area contributed by atoms with Crippen molar-refractivity contribution in [3.8, 4) is 0 Å². The lowest BCUT2D eigenvalue weighted by molar-refractivity contribution is -0.119. The highest BCUT2D eigenvalue weighted by molar-refractivity contribution is 7.89. The third-order valence-corrected chi connectivity index (χ3v) is 8.40. The van der Waals surface area contributed by atoms with Gasteiger partial charge < -0.3 is 14.8 Å². The number of hydrogen-bond donors (Lipinski definition) is 1. The number of piperidine rings is 1. The number of hydrogen-bond acceptors (Lipinski definition) is 8. The van der Waals surface area contributed by atoms with E-state index in [-0.39, 0.29) is 16.0 Å². The van der Waals surface area contributed by atoms with Gasteiger partial charge in [0.15, 0.2) is 6.61 Å². The van der Waals surface area contributed by atoms with Gasteiger partial charge in [0.25, 0.3) is 5.91 Å². The molecule has 1 aliphatic rings. The Labute approximate surface area is 196 Å². The lowest BCUT2D eigenvalue weighted by Crippen LogP contribution is -2.35. The van der Waals surface area contributed by atoms with Crippen molar-refractivity contribution in [2.75, 3.05) is 32.1 Å². The van der Waals surface area contributed by atoms with Gasteiger partial charge >= 0.3 is 11.9 Å². The number of nitrogens with one attached hydrogen (secondary N) is 1. The first-order valence-electron chi connectivity index (χ1n) is 10.4. The second kappa shape index (κ2) is 10.4. The van der Waals surface area contributed by atoms with Crippen molar-refractivity contribution < 1.29 is 32.3 Å². The molecule has 0 unspecified atom stereocenters. The molecule has 1 N–H and O–H groups in total. The normalized spacial score (nSPS) is 14.5. The Bertz CT molecular complexity index is 1170. The van der Waals surface area contributed by atoms with Gasteiger partial charge in [0.05, 0.1) is 23.1 Å². The van der Waals surface area contributed by atoms with E-state index in [1.165, 1.54) is 47.0 Å². The lowest BCUT2D eigenvalue weighted by atomic mass is 10.1. The molecular weight excluding hydrogens is 468 g/mol. The molecule has 0 saturated carbocycles. The van der Waals surface area contributed by atoms with Crippen LogP contribution < -0.4 is 5.32 Å². The summed E-state index contributed by atoms with van der Waals surface area (Å²) in [6, 6.07) is 5.58. The Morgan fingerprint density at radius 3 is 2.45 bits per heavy atom. The van der Waals surface area contributed by atoms with Gasteiger partial charge in [-0.15, -0.1) is 11.3 Å². The second-order valence-electron chi connectivity index (χ2n) is 7.60. The summed E-state index contributed by atoms with van der Waals surface area (Å²) in [4.78, 5) is 37.7. The van der Waals surface area contributed by atoms with E-state index in [2.05, 4.69) is 5.32 Å². The van der Waals surface area contributed by atoms with E-state index in [0.29, 0.717) is 23.7 Å². The van der Waals surface area contributed by atoms with Gasteiger partial charge in [-0.3, -0.25) is 4.79 Å². The number of benzene rings is 1. The van der Waals surface area contributed by atoms with E-state index in [1.807, 2.05) is 6.92 Å². The molecule has 1 saturated heterocycles. The van der Waals surface area contributed by atoms with E-state index in [4.69, 9.17) is 9.47 Å². The number of aryl methyl sites for hydroxylation is 1. The number of methoxy groups -OCH3 is 1. The van der Waals surface area contributed by atoms with Gasteiger partial charge in [-0.1, -0.05) is 12.5 Å². The zero-order valence-electron chi connectivity index (χ0n) is 18.7. The third-order valence-electron chi connectivity index (χ3n) is 5.38. The van der Waals surface area contributed by atoms with Crippen LogP contribution in [0.2, 0.25) is 0 Å². The summed E-state index contributed by atoms with van der Waals surface area (Å²) in [5.74, 6) is -2.03. The zero-order valence-corrected chi connectivity index (χ0v) is 20.3. The van der Waals surface area contributed by atoms with Crippen molar-refractivity contribution in [3.63, 3.8) is 0 Å². The smallest absolute Gasteiger partial charge is 0.341 e. The summed E-state index contributed by atoms with van der Waals surface area (Å²) in [5.41, 5.74) is 0.986. The average Bonchev–Trinajstić information content (AvgIpc) is 3.10. The van der Waals surface area contributed by atoms with Gasteiger partial charge in [-0.05, 0) is 50.5 Å². The van der Waals surface area contributed by atoms with Gasteiger partial charge in [0.2, 0.25) is 10.0 Å². The fourth-order valence-electron chi connectivity index (χ4n) is 3.48. The Morgan fingerprint density at radius 2 is 1.79 bits per heavy atom. The third kappa shape index (κ3) is 5.60. The van der Waals surface area contributed by atoms with Crippen LogP contribution >= 0.6 is 11.3 Å². The maximum Gasteiger partial charge on any atom is 0.341 e. The molecule has 1 aliphatic heterocycles. The summed E-state index contributed by atoms with van der Waals surface area (Å²) in [6.45, 7) is 3.86. The maximum absolute atomic E-state index is 12.8. The molecule has 0 bridgehead atoms. The predicted octanol–water partition coefficient (Wildman–Crippen LogP) is 3.12. The summed E-state index contributed by atoms with van der Waals surface area (Å²) in [5, 5.41) is 2.88. The molecule has 1 aromatic heterocycles. The van der Waals surface area contributed by atoms with Crippen molar-refractivity contribution in [3.05, 3.63) is 45.8 Å². The van der Waals surface area contributed by atoms with Crippen molar-refractivity contribution in [1.82, 2.24) is 4.31 Å². The highest BCUT2D eigenvalue weighted by Crippen LogP contribution is 2.33. The Morgan fingerprint density at radius 1 is 1.09 bits per heavy atom. The van der Waals surface area contributed by atoms with Gasteiger partial charge in [0.1, 0.15) is 5.00 Å². The quantitative estimate of drug-likeness (QED) is 0.587. The molecule has 3 rings (SSSR count). The monoisotopic (exact) mass is 494 g/mol. The molecule has 11 heteroatoms. The Kier molecular flexibility index (Phi) is 7.88. The van der Waals surface area contributed by atoms with E-state index in [9.17, 15) is 22.8 Å². The van der Waals surface area contributed by atoms with E-state index < -0.39 is 34.5 Å². The minimum Gasteiger partial charge on any atom is -0.465 e. The molecule has 0 spiro atoms. The average molecular weight is 495 g/mol. The topological polar surface area (TPSA) is 119 Å². The molecule has 2 heterocycles. The van der Waals surface area contributed by atoms with Crippen molar-refractivity contribution in [2.24, 2.45) is 0 Å². The number of amides is 1. The molecule has 1 aromatic carbocycles. The molecule has 9 nitrogen and oxygen atoms in total. The van der Waals surface area contributed by atoms with Crippen LogP contribution in [0.15, 0.2) is 29.2 Å². The molecule has 33 heavy (non-hydrogen) atoms. The molecule has 0 radical (unpaired) electrons. The molecule has 1 fully saturated rings. The van der Waals surface area contributed by atoms with Crippen LogP contribution in [0.3, 0.4) is 0 Å². The zero-order chi connectivity index (χ0) is 24.2. The highest BCUT2D eigenvalue weighted by atomic mass is 32.2. The largest absolute Gasteiger partial charge is 0.465 e. The standard InChI is InChI=1S/C22H26N2O7S2/c1-14-15(2)32-20(19(14)22(27)30-3)23-18(25)13-31-21(26)16-8-7-9-17(12-16)33(28,29)24-10-5-4-6-11-24/h7-9,12H,4-6,10-11,13H2,1-3H3,(H,23,25). The van der Waals surface area contributed by atoms with Crippen molar-refractivity contribution in [1.29, 1.82) is 0 Å². The lowest BCUT2D eigenvalue weighted by Gasteiger charge is -2.25. The number of ether oxygens (including phenoxy) is 2. The van der Waals surface area contributed by atoms with E-state index in [0.717, 1.165) is 24.1 Å². The highest BCUT2D eigenvalue weighted by Gasteiger charge is 2.27. The molecule has 0 aliphatic carbocycles. The Balaban J connectivity index is 1.66. The van der Waals surface area contributed by atoms with Crippen molar-refractivity contribution >= 4 is 44.2 Å². The first-order chi connectivity index (χ1) is 15.6. The first kappa shape index (κ1) is 24.9. The number of esters is 2. The van der Waals surface area contributed by atoms with Crippen LogP contribution in [0.4, 0.5) is 5.00 Å². The van der Waals surface area contributed by atoms with Crippen LogP contribution in [0, 0.1) is 13.8 Å². The Hall–Kier alpha value is -2.76. The van der Waals surface area contributed by atoms with Gasteiger partial charge in [-0.25, -0.2) is 18.0 Å². The first-order valence-corrected chi connectivity index (χ1v) is 12.7. The number of carbonyl (C=O) groups is 3. The summed E-state index contributed by atoms with van der Waals surface area (Å²) >= 11 is 1.22.